The zero-order valence-corrected chi connectivity index (χ0v) is 26.2. The molecule has 0 fully saturated rings. The van der Waals surface area contributed by atoms with Gasteiger partial charge in [-0.1, -0.05) is 29.3 Å². The van der Waals surface area contributed by atoms with Crippen molar-refractivity contribution in [1.82, 2.24) is 10.4 Å². The summed E-state index contributed by atoms with van der Waals surface area (Å²) in [4.78, 5) is 16.6. The number of methoxy groups -OCH3 is 2. The topological polar surface area (TPSA) is 115 Å². The van der Waals surface area contributed by atoms with Crippen LogP contribution in [0.25, 0.3) is 0 Å². The zero-order chi connectivity index (χ0) is 28.5. The van der Waals surface area contributed by atoms with E-state index in [2.05, 4.69) is 60.1 Å². The van der Waals surface area contributed by atoms with E-state index in [9.17, 15) is 10.1 Å². The number of carbonyl (C=O) groups is 1. The van der Waals surface area contributed by atoms with E-state index >= 15 is 0 Å². The van der Waals surface area contributed by atoms with E-state index in [0.717, 1.165) is 9.13 Å². The molecule has 2 aromatic carbocycles. The Labute approximate surface area is 257 Å². The highest BCUT2D eigenvalue weighted by Gasteiger charge is 2.18. The van der Waals surface area contributed by atoms with E-state index in [4.69, 9.17) is 42.1 Å². The van der Waals surface area contributed by atoms with Crippen molar-refractivity contribution in [3.63, 3.8) is 0 Å². The Morgan fingerprint density at radius 3 is 2.67 bits per heavy atom. The molecule has 0 radical (unpaired) electrons. The Balaban J connectivity index is 1.64. The number of hydrogen-bond acceptors (Lipinski definition) is 8. The molecule has 0 bridgehead atoms. The lowest BCUT2D eigenvalue weighted by Gasteiger charge is -2.14. The number of rotatable bonds is 11. The Bertz CT molecular complexity index is 1450. The quantitative estimate of drug-likeness (QED) is 0.141. The summed E-state index contributed by atoms with van der Waals surface area (Å²) < 4.78 is 23.5. The fourth-order valence-corrected chi connectivity index (χ4v) is 4.95. The van der Waals surface area contributed by atoms with Crippen LogP contribution in [0.5, 0.6) is 17.4 Å². The van der Waals surface area contributed by atoms with Crippen LogP contribution in [-0.4, -0.2) is 37.9 Å². The maximum Gasteiger partial charge on any atom is 0.278 e. The van der Waals surface area contributed by atoms with Crippen molar-refractivity contribution in [1.29, 1.82) is 5.26 Å². The van der Waals surface area contributed by atoms with Gasteiger partial charge in [-0.2, -0.15) is 10.4 Å². The summed E-state index contributed by atoms with van der Waals surface area (Å²) in [6.07, 6.45) is 1.46. The molecule has 0 spiro atoms. The standard InChI is InChI=1S/C26H22BrCl2IN4O5/c1-14-24(27)19(12-36-2)18(9-31)26(33-14)39-13-23(35)34-32-10-15-6-21(30)25(22(7-15)37-3)38-11-16-4-5-17(28)8-20(16)29/h4-8,10H,11-13H2,1-3H3,(H,34,35). The van der Waals surface area contributed by atoms with Gasteiger partial charge in [0.1, 0.15) is 18.2 Å². The summed E-state index contributed by atoms with van der Waals surface area (Å²) in [5.41, 5.74) is 5.21. The number of nitrogens with one attached hydrogen (secondary N) is 1. The Kier molecular flexibility index (Phi) is 11.6. The van der Waals surface area contributed by atoms with Gasteiger partial charge in [0.05, 0.1) is 29.2 Å². The normalized spacial score (nSPS) is 10.8. The number of benzene rings is 2. The Morgan fingerprint density at radius 2 is 2.00 bits per heavy atom. The van der Waals surface area contributed by atoms with E-state index in [-0.39, 0.29) is 24.7 Å². The van der Waals surface area contributed by atoms with Crippen molar-refractivity contribution in [3.05, 3.63) is 76.4 Å². The van der Waals surface area contributed by atoms with Crippen LogP contribution < -0.4 is 19.6 Å². The molecule has 3 aromatic rings. The first-order valence-electron chi connectivity index (χ1n) is 11.1. The molecule has 0 saturated heterocycles. The van der Waals surface area contributed by atoms with Crippen LogP contribution in [-0.2, 0) is 22.7 Å². The van der Waals surface area contributed by atoms with Gasteiger partial charge in [-0.15, -0.1) is 0 Å². The first-order valence-corrected chi connectivity index (χ1v) is 13.8. The molecule has 13 heteroatoms. The van der Waals surface area contributed by atoms with E-state index < -0.39 is 12.5 Å². The SMILES string of the molecule is COCc1c(Br)c(C)nc(OCC(=O)NN=Cc2cc(I)c(OCc3ccc(Cl)cc3Cl)c(OC)c2)c1C#N. The van der Waals surface area contributed by atoms with E-state index in [0.29, 0.717) is 42.8 Å². The smallest absolute Gasteiger partial charge is 0.278 e. The molecule has 0 unspecified atom stereocenters. The predicted molar refractivity (Wildman–Crippen MR) is 160 cm³/mol. The lowest BCUT2D eigenvalue weighted by molar-refractivity contribution is -0.123. The van der Waals surface area contributed by atoms with Crippen molar-refractivity contribution < 1.29 is 23.7 Å². The van der Waals surface area contributed by atoms with Crippen LogP contribution in [0.15, 0.2) is 39.9 Å². The second kappa shape index (κ2) is 14.7. The van der Waals surface area contributed by atoms with Gasteiger partial charge in [0.15, 0.2) is 18.1 Å². The van der Waals surface area contributed by atoms with Gasteiger partial charge in [-0.25, -0.2) is 10.4 Å². The first-order chi connectivity index (χ1) is 18.7. The highest BCUT2D eigenvalue weighted by molar-refractivity contribution is 14.1. The number of carbonyl (C=O) groups excluding carboxylic acids is 1. The van der Waals surface area contributed by atoms with Gasteiger partial charge in [-0.05, 0) is 75.3 Å². The van der Waals surface area contributed by atoms with Crippen LogP contribution in [0.4, 0.5) is 0 Å². The average Bonchev–Trinajstić information content (AvgIpc) is 2.90. The number of aromatic nitrogens is 1. The number of hydrazone groups is 1. The summed E-state index contributed by atoms with van der Waals surface area (Å²) in [5.74, 6) is 0.527. The maximum atomic E-state index is 12.3. The predicted octanol–water partition coefficient (Wildman–Crippen LogP) is 6.20. The minimum absolute atomic E-state index is 0.0409. The minimum Gasteiger partial charge on any atom is -0.493 e. The third-order valence-corrected chi connectivity index (χ3v) is 7.59. The summed E-state index contributed by atoms with van der Waals surface area (Å²) in [6, 6.07) is 10.8. The number of amides is 1. The highest BCUT2D eigenvalue weighted by atomic mass is 127. The first kappa shape index (κ1) is 30.9. The van der Waals surface area contributed by atoms with Crippen LogP contribution >= 0.6 is 61.7 Å². The van der Waals surface area contributed by atoms with Gasteiger partial charge >= 0.3 is 0 Å². The largest absolute Gasteiger partial charge is 0.493 e. The van der Waals surface area contributed by atoms with Gasteiger partial charge in [0.2, 0.25) is 5.88 Å². The maximum absolute atomic E-state index is 12.3. The van der Waals surface area contributed by atoms with Crippen LogP contribution in [0.2, 0.25) is 10.0 Å². The van der Waals surface area contributed by atoms with Crippen molar-refractivity contribution in [2.45, 2.75) is 20.1 Å². The average molecular weight is 748 g/mol. The molecule has 204 valence electrons. The molecule has 39 heavy (non-hydrogen) atoms. The molecule has 9 nitrogen and oxygen atoms in total. The number of ether oxygens (including phenoxy) is 4. The molecule has 0 aliphatic heterocycles. The van der Waals surface area contributed by atoms with Crippen molar-refractivity contribution in [2.24, 2.45) is 5.10 Å². The fourth-order valence-electron chi connectivity index (χ4n) is 3.30. The molecular formula is C26H22BrCl2IN4O5. The summed E-state index contributed by atoms with van der Waals surface area (Å²) >= 11 is 17.7. The number of halogens is 4. The van der Waals surface area contributed by atoms with Gasteiger partial charge in [0, 0.05) is 32.8 Å². The van der Waals surface area contributed by atoms with Gasteiger partial charge in [0.25, 0.3) is 5.91 Å². The number of pyridine rings is 1. The number of aryl methyl sites for hydroxylation is 1. The lowest BCUT2D eigenvalue weighted by Crippen LogP contribution is -2.25. The summed E-state index contributed by atoms with van der Waals surface area (Å²) in [7, 11) is 3.04. The third-order valence-electron chi connectivity index (χ3n) is 5.15. The molecule has 1 aromatic heterocycles. The van der Waals surface area contributed by atoms with Crippen molar-refractivity contribution in [2.75, 3.05) is 20.8 Å². The zero-order valence-electron chi connectivity index (χ0n) is 21.0. The molecule has 1 amide bonds. The number of hydrogen-bond donors (Lipinski definition) is 1. The van der Waals surface area contributed by atoms with Crippen molar-refractivity contribution >= 4 is 73.8 Å². The minimum atomic E-state index is -0.535. The van der Waals surface area contributed by atoms with Crippen molar-refractivity contribution in [3.8, 4) is 23.4 Å². The Hall–Kier alpha value is -2.63. The second-order valence-corrected chi connectivity index (χ2v) is 10.7. The van der Waals surface area contributed by atoms with Crippen LogP contribution in [0, 0.1) is 21.8 Å². The molecule has 0 aliphatic carbocycles. The molecule has 0 atom stereocenters. The second-order valence-electron chi connectivity index (χ2n) is 7.86. The highest BCUT2D eigenvalue weighted by Crippen LogP contribution is 2.35. The Morgan fingerprint density at radius 1 is 1.23 bits per heavy atom. The van der Waals surface area contributed by atoms with Crippen LogP contribution in [0.3, 0.4) is 0 Å². The van der Waals surface area contributed by atoms with Crippen LogP contribution in [0.1, 0.15) is 27.9 Å². The van der Waals surface area contributed by atoms with Gasteiger partial charge < -0.3 is 18.9 Å². The molecule has 1 heterocycles. The summed E-state index contributed by atoms with van der Waals surface area (Å²) in [5, 5.41) is 14.6. The number of nitriles is 1. The fraction of sp³-hybridized carbons (Fsp3) is 0.231. The number of nitrogens with zero attached hydrogens (tertiary/aromatic N) is 3. The van der Waals surface area contributed by atoms with Gasteiger partial charge in [-0.3, -0.25) is 4.79 Å². The molecule has 1 N–H and O–H groups in total. The molecule has 0 aliphatic rings. The summed E-state index contributed by atoms with van der Waals surface area (Å²) in [6.45, 7) is 1.76. The van der Waals surface area contributed by atoms with E-state index in [1.54, 1.807) is 31.2 Å². The van der Waals surface area contributed by atoms with E-state index in [1.165, 1.54) is 20.4 Å². The molecule has 3 rings (SSSR count). The van der Waals surface area contributed by atoms with E-state index in [1.807, 2.05) is 6.07 Å². The third kappa shape index (κ3) is 8.18. The molecule has 0 saturated carbocycles. The lowest BCUT2D eigenvalue weighted by atomic mass is 10.1. The molecular weight excluding hydrogens is 726 g/mol. The monoisotopic (exact) mass is 746 g/mol.